The molecule has 1 aromatic heterocycles. The Balaban J connectivity index is 1.68. The first-order valence-electron chi connectivity index (χ1n) is 8.51. The van der Waals surface area contributed by atoms with E-state index in [0.717, 1.165) is 17.7 Å². The number of nitrogens with one attached hydrogen (secondary N) is 2. The predicted molar refractivity (Wildman–Crippen MR) is 103 cm³/mol. The molecule has 0 bridgehead atoms. The van der Waals surface area contributed by atoms with Crippen molar-refractivity contribution >= 4 is 29.0 Å². The number of anilines is 3. The molecular formula is C19H20N6O2. The smallest absolute Gasteiger partial charge is 0.280 e. The molecule has 3 aromatic rings. The van der Waals surface area contributed by atoms with E-state index in [1.54, 1.807) is 24.3 Å². The standard InChI is InChI=1S/C19H20N6O2/c1-2-13-8-6-7-11-15(13)22-16(26)12-25-18(20)17(23-24-25)19(27)21-14-9-4-3-5-10-14/h3-11H,2,12,20H2,1H3,(H,21,27)(H,22,26). The molecule has 0 aliphatic rings. The van der Waals surface area contributed by atoms with Crippen LogP contribution in [0.15, 0.2) is 54.6 Å². The molecule has 1 heterocycles. The number of carbonyl (C=O) groups excluding carboxylic acids is 2. The Labute approximate surface area is 156 Å². The monoisotopic (exact) mass is 364 g/mol. The van der Waals surface area contributed by atoms with Crippen molar-refractivity contribution < 1.29 is 9.59 Å². The molecule has 2 aromatic carbocycles. The van der Waals surface area contributed by atoms with Crippen molar-refractivity contribution in [3.8, 4) is 0 Å². The average Bonchev–Trinajstić information content (AvgIpc) is 3.03. The molecule has 0 unspecified atom stereocenters. The zero-order chi connectivity index (χ0) is 19.2. The first-order chi connectivity index (χ1) is 13.1. The lowest BCUT2D eigenvalue weighted by molar-refractivity contribution is -0.116. The van der Waals surface area contributed by atoms with E-state index in [4.69, 9.17) is 5.73 Å². The number of nitrogens with zero attached hydrogens (tertiary/aromatic N) is 3. The lowest BCUT2D eigenvalue weighted by Crippen LogP contribution is -2.22. The first kappa shape index (κ1) is 18.1. The molecule has 3 rings (SSSR count). The minimum atomic E-state index is -0.485. The maximum absolute atomic E-state index is 12.3. The third-order valence-electron chi connectivity index (χ3n) is 3.99. The van der Waals surface area contributed by atoms with Crippen molar-refractivity contribution in [2.75, 3.05) is 16.4 Å². The van der Waals surface area contributed by atoms with Gasteiger partial charge in [-0.1, -0.05) is 48.5 Å². The van der Waals surface area contributed by atoms with Crippen LogP contribution < -0.4 is 16.4 Å². The van der Waals surface area contributed by atoms with Crippen molar-refractivity contribution in [3.63, 3.8) is 0 Å². The number of para-hydroxylation sites is 2. The molecule has 0 saturated heterocycles. The highest BCUT2D eigenvalue weighted by Gasteiger charge is 2.19. The highest BCUT2D eigenvalue weighted by Crippen LogP contribution is 2.16. The summed E-state index contributed by atoms with van der Waals surface area (Å²) in [5.41, 5.74) is 8.31. The minimum absolute atomic E-state index is 0.0272. The van der Waals surface area contributed by atoms with E-state index in [2.05, 4.69) is 20.9 Å². The summed E-state index contributed by atoms with van der Waals surface area (Å²) < 4.78 is 1.20. The quantitative estimate of drug-likeness (QED) is 0.621. The molecular weight excluding hydrogens is 344 g/mol. The average molecular weight is 364 g/mol. The normalized spacial score (nSPS) is 10.4. The van der Waals surface area contributed by atoms with Gasteiger partial charge in [0.1, 0.15) is 6.54 Å². The van der Waals surface area contributed by atoms with Gasteiger partial charge >= 0.3 is 0 Å². The van der Waals surface area contributed by atoms with Gasteiger partial charge in [0, 0.05) is 11.4 Å². The van der Waals surface area contributed by atoms with Crippen molar-refractivity contribution in [2.45, 2.75) is 19.9 Å². The van der Waals surface area contributed by atoms with Crippen LogP contribution in [0, 0.1) is 0 Å². The summed E-state index contributed by atoms with van der Waals surface area (Å²) in [7, 11) is 0. The number of aryl methyl sites for hydroxylation is 1. The minimum Gasteiger partial charge on any atom is -0.382 e. The van der Waals surface area contributed by atoms with Crippen LogP contribution in [0.3, 0.4) is 0 Å². The van der Waals surface area contributed by atoms with Crippen molar-refractivity contribution in [3.05, 3.63) is 65.9 Å². The van der Waals surface area contributed by atoms with E-state index in [1.165, 1.54) is 4.68 Å². The number of rotatable bonds is 6. The number of carbonyl (C=O) groups is 2. The molecule has 0 aliphatic carbocycles. The Morgan fingerprint density at radius 1 is 1.04 bits per heavy atom. The summed E-state index contributed by atoms with van der Waals surface area (Å²) in [4.78, 5) is 24.6. The van der Waals surface area contributed by atoms with E-state index >= 15 is 0 Å². The van der Waals surface area contributed by atoms with Crippen LogP contribution in [0.25, 0.3) is 0 Å². The van der Waals surface area contributed by atoms with Crippen LogP contribution in [0.4, 0.5) is 17.2 Å². The Kier molecular flexibility index (Phi) is 5.46. The fourth-order valence-electron chi connectivity index (χ4n) is 2.59. The van der Waals surface area contributed by atoms with Gasteiger partial charge in [-0.05, 0) is 30.2 Å². The second kappa shape index (κ2) is 8.13. The predicted octanol–water partition coefficient (Wildman–Crippen LogP) is 2.31. The molecule has 0 radical (unpaired) electrons. The van der Waals surface area contributed by atoms with Gasteiger partial charge in [-0.2, -0.15) is 0 Å². The summed E-state index contributed by atoms with van der Waals surface area (Å²) in [5.74, 6) is -0.758. The lowest BCUT2D eigenvalue weighted by Gasteiger charge is -2.10. The van der Waals surface area contributed by atoms with Gasteiger partial charge in [-0.25, -0.2) is 4.68 Å². The Morgan fingerprint density at radius 2 is 1.74 bits per heavy atom. The van der Waals surface area contributed by atoms with E-state index in [-0.39, 0.29) is 24.0 Å². The molecule has 4 N–H and O–H groups in total. The second-order valence-corrected chi connectivity index (χ2v) is 5.86. The SMILES string of the molecule is CCc1ccccc1NC(=O)Cn1nnc(C(=O)Nc2ccccc2)c1N. The van der Waals surface area contributed by atoms with E-state index in [9.17, 15) is 9.59 Å². The van der Waals surface area contributed by atoms with Crippen LogP contribution in [-0.4, -0.2) is 26.8 Å². The van der Waals surface area contributed by atoms with Gasteiger partial charge < -0.3 is 16.4 Å². The fourth-order valence-corrected chi connectivity index (χ4v) is 2.59. The Hall–Kier alpha value is -3.68. The van der Waals surface area contributed by atoms with Crippen LogP contribution >= 0.6 is 0 Å². The molecule has 0 saturated carbocycles. The topological polar surface area (TPSA) is 115 Å². The van der Waals surface area contributed by atoms with Gasteiger partial charge in [0.25, 0.3) is 5.91 Å². The molecule has 0 atom stereocenters. The number of benzene rings is 2. The van der Waals surface area contributed by atoms with Crippen molar-refractivity contribution in [1.29, 1.82) is 0 Å². The number of nitrogen functional groups attached to an aromatic ring is 1. The number of amides is 2. The highest BCUT2D eigenvalue weighted by molar-refractivity contribution is 6.05. The fraction of sp³-hybridized carbons (Fsp3) is 0.158. The molecule has 0 spiro atoms. The second-order valence-electron chi connectivity index (χ2n) is 5.86. The largest absolute Gasteiger partial charge is 0.382 e. The molecule has 8 nitrogen and oxygen atoms in total. The van der Waals surface area contributed by atoms with Crippen molar-refractivity contribution in [1.82, 2.24) is 15.0 Å². The maximum Gasteiger partial charge on any atom is 0.280 e. The number of aromatic nitrogens is 3. The Morgan fingerprint density at radius 3 is 2.48 bits per heavy atom. The molecule has 0 aliphatic heterocycles. The summed E-state index contributed by atoms with van der Waals surface area (Å²) >= 11 is 0. The highest BCUT2D eigenvalue weighted by atomic mass is 16.2. The summed E-state index contributed by atoms with van der Waals surface area (Å²) in [5, 5.41) is 13.1. The van der Waals surface area contributed by atoms with E-state index in [1.807, 2.05) is 37.3 Å². The van der Waals surface area contributed by atoms with E-state index in [0.29, 0.717) is 5.69 Å². The third-order valence-corrected chi connectivity index (χ3v) is 3.99. The van der Waals surface area contributed by atoms with Gasteiger partial charge in [0.05, 0.1) is 0 Å². The Bertz CT molecular complexity index is 952. The zero-order valence-corrected chi connectivity index (χ0v) is 14.8. The number of hydrogen-bond acceptors (Lipinski definition) is 5. The maximum atomic E-state index is 12.3. The summed E-state index contributed by atoms with van der Waals surface area (Å²) in [6.45, 7) is 1.87. The molecule has 0 fully saturated rings. The van der Waals surface area contributed by atoms with Crippen LogP contribution in [0.2, 0.25) is 0 Å². The molecule has 8 heteroatoms. The lowest BCUT2D eigenvalue weighted by atomic mass is 10.1. The van der Waals surface area contributed by atoms with Crippen LogP contribution in [-0.2, 0) is 17.8 Å². The van der Waals surface area contributed by atoms with Crippen molar-refractivity contribution in [2.24, 2.45) is 0 Å². The summed E-state index contributed by atoms with van der Waals surface area (Å²) in [6, 6.07) is 16.5. The first-order valence-corrected chi connectivity index (χ1v) is 8.51. The van der Waals surface area contributed by atoms with Gasteiger partial charge in [-0.15, -0.1) is 5.10 Å². The van der Waals surface area contributed by atoms with Crippen LogP contribution in [0.1, 0.15) is 23.0 Å². The zero-order valence-electron chi connectivity index (χ0n) is 14.8. The van der Waals surface area contributed by atoms with Gasteiger partial charge in [0.2, 0.25) is 5.91 Å². The van der Waals surface area contributed by atoms with E-state index < -0.39 is 5.91 Å². The third kappa shape index (κ3) is 4.30. The summed E-state index contributed by atoms with van der Waals surface area (Å²) in [6.07, 6.45) is 0.797. The molecule has 138 valence electrons. The number of hydrogen-bond donors (Lipinski definition) is 3. The van der Waals surface area contributed by atoms with Gasteiger partial charge in [0.15, 0.2) is 11.5 Å². The van der Waals surface area contributed by atoms with Gasteiger partial charge in [-0.3, -0.25) is 9.59 Å². The molecule has 2 amide bonds. The van der Waals surface area contributed by atoms with Crippen LogP contribution in [0.5, 0.6) is 0 Å². The number of nitrogens with two attached hydrogens (primary N) is 1. The molecule has 27 heavy (non-hydrogen) atoms.